The molecule has 1 saturated heterocycles. The Hall–Kier alpha value is -1.13. The van der Waals surface area contributed by atoms with Crippen LogP contribution in [0, 0.1) is 6.92 Å². The standard InChI is InChI=1S/C17H30N4/c1-5-16(18)10-15-9-13(2)17(19-11-15)21-8-6-7-20(4)12-14(21)3/h9,11,14,16H,5-8,10,12,18H2,1-4H3. The molecule has 1 aliphatic heterocycles. The van der Waals surface area contributed by atoms with Crippen molar-refractivity contribution in [2.75, 3.05) is 31.6 Å². The monoisotopic (exact) mass is 290 g/mol. The van der Waals surface area contributed by atoms with E-state index in [9.17, 15) is 0 Å². The van der Waals surface area contributed by atoms with Crippen LogP contribution in [0.4, 0.5) is 5.82 Å². The maximum Gasteiger partial charge on any atom is 0.131 e. The van der Waals surface area contributed by atoms with Gasteiger partial charge in [0.2, 0.25) is 0 Å². The minimum absolute atomic E-state index is 0.239. The van der Waals surface area contributed by atoms with Crippen LogP contribution in [0.25, 0.3) is 0 Å². The van der Waals surface area contributed by atoms with E-state index in [1.54, 1.807) is 0 Å². The van der Waals surface area contributed by atoms with E-state index in [1.165, 1.54) is 24.1 Å². The summed E-state index contributed by atoms with van der Waals surface area (Å²) < 4.78 is 0. The number of rotatable bonds is 4. The Morgan fingerprint density at radius 1 is 1.43 bits per heavy atom. The molecule has 0 radical (unpaired) electrons. The van der Waals surface area contributed by atoms with E-state index in [1.807, 2.05) is 6.20 Å². The zero-order valence-electron chi connectivity index (χ0n) is 14.0. The van der Waals surface area contributed by atoms with Gasteiger partial charge >= 0.3 is 0 Å². The summed E-state index contributed by atoms with van der Waals surface area (Å²) in [6.07, 6.45) is 5.14. The maximum atomic E-state index is 6.05. The van der Waals surface area contributed by atoms with Gasteiger partial charge in [-0.15, -0.1) is 0 Å². The second-order valence-electron chi connectivity index (χ2n) is 6.51. The number of aryl methyl sites for hydroxylation is 1. The number of nitrogens with two attached hydrogens (primary N) is 1. The topological polar surface area (TPSA) is 45.4 Å². The average molecular weight is 290 g/mol. The molecule has 118 valence electrons. The van der Waals surface area contributed by atoms with Crippen LogP contribution in [0.5, 0.6) is 0 Å². The van der Waals surface area contributed by atoms with Crippen molar-refractivity contribution >= 4 is 5.82 Å². The quantitative estimate of drug-likeness (QED) is 0.923. The van der Waals surface area contributed by atoms with Crippen LogP contribution in [-0.4, -0.2) is 48.6 Å². The number of likely N-dealkylation sites (N-methyl/N-ethyl adjacent to an activating group) is 1. The molecule has 2 rings (SSSR count). The second kappa shape index (κ2) is 7.23. The number of hydrogen-bond acceptors (Lipinski definition) is 4. The fourth-order valence-electron chi connectivity index (χ4n) is 3.17. The van der Waals surface area contributed by atoms with E-state index in [0.29, 0.717) is 6.04 Å². The summed E-state index contributed by atoms with van der Waals surface area (Å²) in [5.74, 6) is 1.15. The van der Waals surface area contributed by atoms with Gasteiger partial charge < -0.3 is 15.5 Å². The third kappa shape index (κ3) is 4.17. The van der Waals surface area contributed by atoms with Crippen LogP contribution in [0.15, 0.2) is 12.3 Å². The van der Waals surface area contributed by atoms with Crippen molar-refractivity contribution < 1.29 is 0 Å². The van der Waals surface area contributed by atoms with Crippen molar-refractivity contribution in [2.24, 2.45) is 5.73 Å². The molecule has 1 aromatic heterocycles. The third-order valence-electron chi connectivity index (χ3n) is 4.45. The largest absolute Gasteiger partial charge is 0.352 e. The molecule has 2 unspecified atom stereocenters. The Bertz CT molecular complexity index is 460. The van der Waals surface area contributed by atoms with E-state index >= 15 is 0 Å². The predicted molar refractivity (Wildman–Crippen MR) is 89.9 cm³/mol. The van der Waals surface area contributed by atoms with Crippen molar-refractivity contribution in [3.8, 4) is 0 Å². The number of hydrogen-bond donors (Lipinski definition) is 1. The first-order valence-electron chi connectivity index (χ1n) is 8.17. The lowest BCUT2D eigenvalue weighted by atomic mass is 10.0. The zero-order valence-corrected chi connectivity index (χ0v) is 14.0. The fraction of sp³-hybridized carbons (Fsp3) is 0.706. The second-order valence-corrected chi connectivity index (χ2v) is 6.51. The summed E-state index contributed by atoms with van der Waals surface area (Å²) in [6, 6.07) is 3.01. The molecule has 2 atom stereocenters. The van der Waals surface area contributed by atoms with Gasteiger partial charge in [-0.25, -0.2) is 4.98 Å². The summed E-state index contributed by atoms with van der Waals surface area (Å²) >= 11 is 0. The van der Waals surface area contributed by atoms with Gasteiger partial charge in [0.1, 0.15) is 5.82 Å². The Kier molecular flexibility index (Phi) is 5.59. The molecular weight excluding hydrogens is 260 g/mol. The fourth-order valence-corrected chi connectivity index (χ4v) is 3.17. The summed E-state index contributed by atoms with van der Waals surface area (Å²) in [5, 5.41) is 0. The van der Waals surface area contributed by atoms with Crippen molar-refractivity contribution in [1.29, 1.82) is 0 Å². The van der Waals surface area contributed by atoms with Crippen LogP contribution in [0.2, 0.25) is 0 Å². The highest BCUT2D eigenvalue weighted by Gasteiger charge is 2.22. The van der Waals surface area contributed by atoms with Gasteiger partial charge in [-0.05, 0) is 57.8 Å². The molecule has 2 heterocycles. The van der Waals surface area contributed by atoms with Gasteiger partial charge in [-0.3, -0.25) is 0 Å². The molecule has 4 nitrogen and oxygen atoms in total. The smallest absolute Gasteiger partial charge is 0.131 e. The molecule has 0 spiro atoms. The summed E-state index contributed by atoms with van der Waals surface area (Å²) in [4.78, 5) is 9.63. The van der Waals surface area contributed by atoms with Crippen molar-refractivity contribution in [2.45, 2.75) is 52.1 Å². The molecule has 0 bridgehead atoms. The van der Waals surface area contributed by atoms with E-state index in [0.717, 1.165) is 31.7 Å². The van der Waals surface area contributed by atoms with Gasteiger partial charge in [0.15, 0.2) is 0 Å². The number of nitrogens with zero attached hydrogens (tertiary/aromatic N) is 3. The van der Waals surface area contributed by atoms with Crippen molar-refractivity contribution in [3.05, 3.63) is 23.4 Å². The lowest BCUT2D eigenvalue weighted by Gasteiger charge is -2.30. The minimum Gasteiger partial charge on any atom is -0.352 e. The molecule has 1 aliphatic rings. The predicted octanol–water partition coefficient (Wildman–Crippen LogP) is 2.20. The Labute approximate surface area is 129 Å². The molecule has 1 fully saturated rings. The van der Waals surface area contributed by atoms with Crippen LogP contribution in [0.1, 0.15) is 37.8 Å². The molecule has 21 heavy (non-hydrogen) atoms. The van der Waals surface area contributed by atoms with Crippen LogP contribution in [0.3, 0.4) is 0 Å². The Balaban J connectivity index is 2.16. The van der Waals surface area contributed by atoms with E-state index < -0.39 is 0 Å². The van der Waals surface area contributed by atoms with E-state index in [2.05, 4.69) is 43.7 Å². The third-order valence-corrected chi connectivity index (χ3v) is 4.45. The lowest BCUT2D eigenvalue weighted by molar-refractivity contribution is 0.337. The summed E-state index contributed by atoms with van der Waals surface area (Å²) in [5.41, 5.74) is 8.58. The summed E-state index contributed by atoms with van der Waals surface area (Å²) in [6.45, 7) is 9.96. The summed E-state index contributed by atoms with van der Waals surface area (Å²) in [7, 11) is 2.20. The van der Waals surface area contributed by atoms with Crippen LogP contribution in [-0.2, 0) is 6.42 Å². The van der Waals surface area contributed by atoms with Gasteiger partial charge in [0.25, 0.3) is 0 Å². The van der Waals surface area contributed by atoms with Gasteiger partial charge in [-0.1, -0.05) is 13.0 Å². The van der Waals surface area contributed by atoms with E-state index in [-0.39, 0.29) is 6.04 Å². The lowest BCUT2D eigenvalue weighted by Crippen LogP contribution is -2.38. The molecule has 2 N–H and O–H groups in total. The Morgan fingerprint density at radius 3 is 2.86 bits per heavy atom. The highest BCUT2D eigenvalue weighted by molar-refractivity contribution is 5.48. The molecular formula is C17H30N4. The van der Waals surface area contributed by atoms with Gasteiger partial charge in [0, 0.05) is 31.4 Å². The number of pyridine rings is 1. The van der Waals surface area contributed by atoms with Crippen LogP contribution >= 0.6 is 0 Å². The molecule has 0 amide bonds. The normalized spacial score (nSPS) is 22.1. The molecule has 0 saturated carbocycles. The maximum absolute atomic E-state index is 6.05. The molecule has 1 aromatic rings. The average Bonchev–Trinajstić information content (AvgIpc) is 2.60. The van der Waals surface area contributed by atoms with Crippen molar-refractivity contribution in [1.82, 2.24) is 9.88 Å². The van der Waals surface area contributed by atoms with Crippen LogP contribution < -0.4 is 10.6 Å². The molecule has 0 aliphatic carbocycles. The Morgan fingerprint density at radius 2 is 2.19 bits per heavy atom. The first-order valence-corrected chi connectivity index (χ1v) is 8.17. The highest BCUT2D eigenvalue weighted by Crippen LogP contribution is 2.23. The SMILES string of the molecule is CCC(N)Cc1cnc(N2CCCN(C)CC2C)c(C)c1. The molecule has 0 aromatic carbocycles. The molecule has 4 heteroatoms. The van der Waals surface area contributed by atoms with Crippen molar-refractivity contribution in [3.63, 3.8) is 0 Å². The highest BCUT2D eigenvalue weighted by atomic mass is 15.3. The van der Waals surface area contributed by atoms with Gasteiger partial charge in [-0.2, -0.15) is 0 Å². The zero-order chi connectivity index (χ0) is 15.4. The minimum atomic E-state index is 0.239. The first kappa shape index (κ1) is 16.2. The first-order chi connectivity index (χ1) is 10.0. The van der Waals surface area contributed by atoms with E-state index in [4.69, 9.17) is 10.7 Å². The number of anilines is 1. The number of aromatic nitrogens is 1. The van der Waals surface area contributed by atoms with Gasteiger partial charge in [0.05, 0.1) is 0 Å².